The molecule has 0 atom stereocenters. The van der Waals surface area contributed by atoms with Crippen LogP contribution in [0.1, 0.15) is 0 Å². The van der Waals surface area contributed by atoms with E-state index in [0.29, 0.717) is 5.69 Å². The molecule has 0 fully saturated rings. The number of nitro groups is 1. The number of benzene rings is 1. The van der Waals surface area contributed by atoms with E-state index in [4.69, 9.17) is 5.73 Å². The first-order valence-electron chi connectivity index (χ1n) is 3.36. The largest absolute Gasteiger partial charge is 0.397 e. The van der Waals surface area contributed by atoms with Crippen LogP contribution >= 0.6 is 0 Å². The molecule has 0 saturated heterocycles. The number of hydrogen-bond acceptors (Lipinski definition) is 6. The van der Waals surface area contributed by atoms with E-state index >= 15 is 0 Å². The first kappa shape index (κ1) is 7.62. The van der Waals surface area contributed by atoms with Crippen LogP contribution in [0.25, 0.3) is 0 Å². The molecule has 68 valence electrons. The summed E-state index contributed by atoms with van der Waals surface area (Å²) in [6, 6.07) is 2.66. The monoisotopic (exact) mass is 183 g/mol. The Hall–Kier alpha value is -2.02. The van der Waals surface area contributed by atoms with Gasteiger partial charge in [-0.1, -0.05) is 4.99 Å². The van der Waals surface area contributed by atoms with Gasteiger partial charge in [0.2, 0.25) is 0 Å². The fourth-order valence-electron chi connectivity index (χ4n) is 1.02. The van der Waals surface area contributed by atoms with Crippen molar-refractivity contribution in [1.29, 1.82) is 0 Å². The first-order chi connectivity index (χ1) is 6.20. The molecule has 13 heavy (non-hydrogen) atoms. The van der Waals surface area contributed by atoms with Gasteiger partial charge in [0, 0.05) is 6.07 Å². The molecule has 0 unspecified atom stereocenters. The lowest BCUT2D eigenvalue weighted by Crippen LogP contribution is -1.94. The highest BCUT2D eigenvalue weighted by molar-refractivity contribution is 5.79. The Kier molecular flexibility index (Phi) is 1.46. The summed E-state index contributed by atoms with van der Waals surface area (Å²) in [5.74, 6) is 0.00463. The van der Waals surface area contributed by atoms with Gasteiger partial charge in [-0.3, -0.25) is 10.1 Å². The summed E-state index contributed by atoms with van der Waals surface area (Å²) in [5.41, 5.74) is 8.24. The maximum absolute atomic E-state index is 10.5. The molecule has 0 radical (unpaired) electrons. The summed E-state index contributed by atoms with van der Waals surface area (Å²) < 4.78 is 0. The van der Waals surface area contributed by atoms with Crippen molar-refractivity contribution in [2.75, 3.05) is 11.2 Å². The number of nitro benzene ring substituents is 1. The molecule has 3 N–H and O–H groups in total. The van der Waals surface area contributed by atoms with E-state index in [9.17, 15) is 10.1 Å². The molecule has 0 aliphatic carbocycles. The Morgan fingerprint density at radius 2 is 2.31 bits per heavy atom. The molecule has 1 aromatic carbocycles. The minimum Gasteiger partial charge on any atom is -0.397 e. The third-order valence-electron chi connectivity index (χ3n) is 1.63. The average Bonchev–Trinajstić information content (AvgIpc) is 2.53. The summed E-state index contributed by atoms with van der Waals surface area (Å²) in [6.07, 6.45) is 0. The summed E-state index contributed by atoms with van der Waals surface area (Å²) in [6.45, 7) is 0. The zero-order valence-corrected chi connectivity index (χ0v) is 6.31. The van der Waals surface area contributed by atoms with Crippen molar-refractivity contribution < 1.29 is 14.8 Å². The molecule has 2 rings (SSSR count). The standard InChI is InChI=1S/C6H5N3O4/c7-3-1-2-4(9(10)11)6-5(3)8-13-12-6/h1-2,8H,7H2. The number of fused-ring (bicyclic) bond motifs is 1. The highest BCUT2D eigenvalue weighted by Gasteiger charge is 2.27. The van der Waals surface area contributed by atoms with Gasteiger partial charge >= 0.3 is 5.69 Å². The molecule has 0 bridgehead atoms. The maximum Gasteiger partial charge on any atom is 0.317 e. The molecule has 0 spiro atoms. The number of hydrogen-bond donors (Lipinski definition) is 2. The van der Waals surface area contributed by atoms with Crippen molar-refractivity contribution in [3.63, 3.8) is 0 Å². The SMILES string of the molecule is Nc1ccc([N+](=O)[O-])c2c1NOO2. The second-order valence-corrected chi connectivity index (χ2v) is 2.40. The van der Waals surface area contributed by atoms with E-state index in [1.54, 1.807) is 0 Å². The van der Waals surface area contributed by atoms with Crippen LogP contribution in [0.2, 0.25) is 0 Å². The summed E-state index contributed by atoms with van der Waals surface area (Å²) >= 11 is 0. The van der Waals surface area contributed by atoms with Gasteiger partial charge in [0.15, 0.2) is 0 Å². The maximum atomic E-state index is 10.5. The fraction of sp³-hybridized carbons (Fsp3) is 0. The van der Waals surface area contributed by atoms with Gasteiger partial charge in [-0.15, -0.1) is 0 Å². The zero-order valence-electron chi connectivity index (χ0n) is 6.31. The smallest absolute Gasteiger partial charge is 0.317 e. The van der Waals surface area contributed by atoms with Crippen molar-refractivity contribution in [2.45, 2.75) is 0 Å². The van der Waals surface area contributed by atoms with E-state index in [2.05, 4.69) is 15.4 Å². The number of nitrogens with two attached hydrogens (primary N) is 1. The van der Waals surface area contributed by atoms with Crippen LogP contribution in [-0.4, -0.2) is 4.92 Å². The molecular weight excluding hydrogens is 178 g/mol. The molecule has 1 heterocycles. The zero-order chi connectivity index (χ0) is 9.42. The lowest BCUT2D eigenvalue weighted by Gasteiger charge is -1.98. The van der Waals surface area contributed by atoms with E-state index in [1.807, 2.05) is 0 Å². The molecule has 7 heteroatoms. The number of nitrogens with one attached hydrogen (secondary N) is 1. The molecule has 0 aromatic heterocycles. The first-order valence-corrected chi connectivity index (χ1v) is 3.36. The number of nitrogens with zero attached hydrogens (tertiary/aromatic N) is 1. The molecule has 1 aliphatic rings. The Bertz CT molecular complexity index is 378. The Morgan fingerprint density at radius 1 is 1.54 bits per heavy atom. The molecule has 1 aromatic rings. The van der Waals surface area contributed by atoms with Gasteiger partial charge < -0.3 is 10.6 Å². The Balaban J connectivity index is 2.62. The van der Waals surface area contributed by atoms with E-state index in [-0.39, 0.29) is 17.1 Å². The fourth-order valence-corrected chi connectivity index (χ4v) is 1.02. The Morgan fingerprint density at radius 3 is 3.00 bits per heavy atom. The van der Waals surface area contributed by atoms with Crippen LogP contribution in [-0.2, 0) is 4.99 Å². The highest BCUT2D eigenvalue weighted by Crippen LogP contribution is 2.42. The molecule has 1 aliphatic heterocycles. The van der Waals surface area contributed by atoms with Crippen LogP contribution in [0, 0.1) is 10.1 Å². The highest BCUT2D eigenvalue weighted by atomic mass is 17.3. The van der Waals surface area contributed by atoms with Crippen molar-refractivity contribution in [3.05, 3.63) is 22.2 Å². The minimum atomic E-state index is -0.575. The predicted molar refractivity (Wildman–Crippen MR) is 42.8 cm³/mol. The summed E-state index contributed by atoms with van der Waals surface area (Å²) in [4.78, 5) is 18.8. The second kappa shape index (κ2) is 2.49. The third kappa shape index (κ3) is 1.02. The normalized spacial score (nSPS) is 12.9. The molecule has 7 nitrogen and oxygen atoms in total. The van der Waals surface area contributed by atoms with Crippen molar-refractivity contribution in [1.82, 2.24) is 0 Å². The van der Waals surface area contributed by atoms with Gasteiger partial charge in [0.1, 0.15) is 5.69 Å². The lowest BCUT2D eigenvalue weighted by atomic mass is 10.2. The minimum absolute atomic E-state index is 0.00463. The number of nitrogen functional groups attached to an aromatic ring is 1. The quantitative estimate of drug-likeness (QED) is 0.289. The predicted octanol–water partition coefficient (Wildman–Crippen LogP) is 0.828. The summed E-state index contributed by atoms with van der Waals surface area (Å²) in [7, 11) is 0. The van der Waals surface area contributed by atoms with Gasteiger partial charge in [0.05, 0.1) is 10.6 Å². The Labute approximate surface area is 72.1 Å². The summed E-state index contributed by atoms with van der Waals surface area (Å²) in [5, 5.41) is 10.5. The van der Waals surface area contributed by atoms with Gasteiger partial charge in [-0.25, -0.2) is 5.48 Å². The topological polar surface area (TPSA) is 99.7 Å². The van der Waals surface area contributed by atoms with Gasteiger partial charge in [-0.2, -0.15) is 0 Å². The van der Waals surface area contributed by atoms with Crippen LogP contribution in [0.15, 0.2) is 12.1 Å². The average molecular weight is 183 g/mol. The number of anilines is 2. The molecule has 0 amide bonds. The van der Waals surface area contributed by atoms with E-state index in [0.717, 1.165) is 0 Å². The van der Waals surface area contributed by atoms with Crippen molar-refractivity contribution in [3.8, 4) is 5.75 Å². The van der Waals surface area contributed by atoms with Crippen LogP contribution < -0.4 is 16.1 Å². The van der Waals surface area contributed by atoms with E-state index in [1.165, 1.54) is 12.1 Å². The number of rotatable bonds is 1. The lowest BCUT2D eigenvalue weighted by molar-refractivity contribution is -0.387. The van der Waals surface area contributed by atoms with Crippen molar-refractivity contribution in [2.24, 2.45) is 0 Å². The van der Waals surface area contributed by atoms with Crippen LogP contribution in [0.3, 0.4) is 0 Å². The molecular formula is C6H5N3O4. The molecule has 0 saturated carbocycles. The second-order valence-electron chi connectivity index (χ2n) is 2.40. The van der Waals surface area contributed by atoms with Crippen LogP contribution in [0.5, 0.6) is 5.75 Å². The third-order valence-corrected chi connectivity index (χ3v) is 1.63. The van der Waals surface area contributed by atoms with Gasteiger partial charge in [-0.05, 0) is 6.07 Å². The van der Waals surface area contributed by atoms with Crippen molar-refractivity contribution >= 4 is 17.1 Å². The van der Waals surface area contributed by atoms with Gasteiger partial charge in [0.25, 0.3) is 5.75 Å². The van der Waals surface area contributed by atoms with E-state index < -0.39 is 4.92 Å². The van der Waals surface area contributed by atoms with Crippen LogP contribution in [0.4, 0.5) is 17.1 Å².